The summed E-state index contributed by atoms with van der Waals surface area (Å²) in [5.74, 6) is -0.238. The van der Waals surface area contributed by atoms with Crippen LogP contribution in [0.1, 0.15) is 18.1 Å². The van der Waals surface area contributed by atoms with Crippen molar-refractivity contribution in [1.29, 1.82) is 0 Å². The number of thioether (sulfide) groups is 1. The Morgan fingerprint density at radius 1 is 1.15 bits per heavy atom. The van der Waals surface area contributed by atoms with Crippen molar-refractivity contribution in [1.82, 2.24) is 4.90 Å². The molecule has 3 aromatic carbocycles. The SMILES string of the molecule is CCOc1cc(/C=C2/SC(=O)N(CC(=O)Nc3ccccc3Cl)C2=O)cc(I)c1OCc1ccc([N+](=O)[O-])cc1. The molecule has 40 heavy (non-hydrogen) atoms. The van der Waals surface area contributed by atoms with Crippen LogP contribution in [0.4, 0.5) is 16.2 Å². The largest absolute Gasteiger partial charge is 0.490 e. The van der Waals surface area contributed by atoms with Crippen LogP contribution in [0.5, 0.6) is 11.5 Å². The molecule has 1 aliphatic rings. The highest BCUT2D eigenvalue weighted by Crippen LogP contribution is 2.38. The van der Waals surface area contributed by atoms with Gasteiger partial charge in [0.2, 0.25) is 5.91 Å². The Kier molecular flexibility index (Phi) is 9.66. The van der Waals surface area contributed by atoms with Gasteiger partial charge in [0, 0.05) is 12.1 Å². The Morgan fingerprint density at radius 3 is 2.55 bits per heavy atom. The lowest BCUT2D eigenvalue weighted by molar-refractivity contribution is -0.384. The molecule has 4 rings (SSSR count). The first kappa shape index (κ1) is 29.4. The van der Waals surface area contributed by atoms with Crippen LogP contribution in [0.3, 0.4) is 0 Å². The summed E-state index contributed by atoms with van der Waals surface area (Å²) >= 11 is 8.88. The number of imide groups is 1. The van der Waals surface area contributed by atoms with Crippen LogP contribution >= 0.6 is 46.0 Å². The number of hydrogen-bond donors (Lipinski definition) is 1. The minimum atomic E-state index is -0.587. The van der Waals surface area contributed by atoms with Crippen molar-refractivity contribution >= 4 is 80.5 Å². The standard InChI is InChI=1S/C27H21ClIN3O7S/c1-2-38-22-12-17(11-20(29)25(22)39-15-16-7-9-18(10-8-16)32(36)37)13-23-26(34)31(27(35)40-23)14-24(33)30-21-6-4-3-5-19(21)28/h3-13H,2,14-15H2,1H3,(H,30,33)/b23-13+. The van der Waals surface area contributed by atoms with Crippen molar-refractivity contribution in [3.63, 3.8) is 0 Å². The monoisotopic (exact) mass is 693 g/mol. The summed E-state index contributed by atoms with van der Waals surface area (Å²) < 4.78 is 12.4. The summed E-state index contributed by atoms with van der Waals surface area (Å²) in [6, 6.07) is 16.2. The topological polar surface area (TPSA) is 128 Å². The second-order valence-corrected chi connectivity index (χ2v) is 10.8. The number of ether oxygens (including phenoxy) is 2. The molecule has 0 radical (unpaired) electrons. The van der Waals surface area contributed by atoms with Gasteiger partial charge in [-0.15, -0.1) is 0 Å². The van der Waals surface area contributed by atoms with Gasteiger partial charge >= 0.3 is 0 Å². The minimum absolute atomic E-state index is 0.0108. The van der Waals surface area contributed by atoms with E-state index < -0.39 is 28.5 Å². The third-order valence-corrected chi connectivity index (χ3v) is 7.52. The van der Waals surface area contributed by atoms with E-state index >= 15 is 0 Å². The molecule has 10 nitrogen and oxygen atoms in total. The fourth-order valence-electron chi connectivity index (χ4n) is 3.63. The number of nitro groups is 1. The molecule has 0 saturated carbocycles. The summed E-state index contributed by atoms with van der Waals surface area (Å²) in [4.78, 5) is 49.4. The smallest absolute Gasteiger partial charge is 0.294 e. The van der Waals surface area contributed by atoms with Gasteiger partial charge in [-0.3, -0.25) is 29.4 Å². The quantitative estimate of drug-likeness (QED) is 0.110. The highest BCUT2D eigenvalue weighted by atomic mass is 127. The highest BCUT2D eigenvalue weighted by Gasteiger charge is 2.36. The van der Waals surface area contributed by atoms with Crippen molar-refractivity contribution in [3.8, 4) is 11.5 Å². The van der Waals surface area contributed by atoms with E-state index in [1.807, 2.05) is 6.92 Å². The number of rotatable bonds is 10. The number of nitrogens with zero attached hydrogens (tertiary/aromatic N) is 2. The molecule has 1 N–H and O–H groups in total. The molecule has 3 amide bonds. The predicted octanol–water partition coefficient (Wildman–Crippen LogP) is 6.51. The summed E-state index contributed by atoms with van der Waals surface area (Å²) in [6.45, 7) is 1.87. The lowest BCUT2D eigenvalue weighted by Crippen LogP contribution is -2.36. The number of nitrogens with one attached hydrogen (secondary N) is 1. The van der Waals surface area contributed by atoms with Crippen molar-refractivity contribution < 1.29 is 28.8 Å². The number of benzene rings is 3. The Bertz CT molecular complexity index is 1510. The van der Waals surface area contributed by atoms with E-state index in [0.717, 1.165) is 22.2 Å². The first-order valence-electron chi connectivity index (χ1n) is 11.8. The van der Waals surface area contributed by atoms with Gasteiger partial charge in [-0.05, 0) is 94.9 Å². The summed E-state index contributed by atoms with van der Waals surface area (Å²) in [6.07, 6.45) is 1.56. The second-order valence-electron chi connectivity index (χ2n) is 8.27. The zero-order chi connectivity index (χ0) is 28.8. The number of hydrogen-bond acceptors (Lipinski definition) is 8. The number of carbonyl (C=O) groups excluding carboxylic acids is 3. The molecule has 1 fully saturated rings. The third kappa shape index (κ3) is 7.11. The van der Waals surface area contributed by atoms with Crippen LogP contribution in [0.2, 0.25) is 5.02 Å². The number of halogens is 2. The summed E-state index contributed by atoms with van der Waals surface area (Å²) in [7, 11) is 0. The number of para-hydroxylation sites is 1. The number of nitro benzene ring substituents is 1. The van der Waals surface area contributed by atoms with Crippen LogP contribution in [-0.2, 0) is 16.2 Å². The van der Waals surface area contributed by atoms with Gasteiger partial charge in [-0.2, -0.15) is 0 Å². The molecular formula is C27H21ClIN3O7S. The molecular weight excluding hydrogens is 673 g/mol. The minimum Gasteiger partial charge on any atom is -0.490 e. The van der Waals surface area contributed by atoms with Gasteiger partial charge in [0.15, 0.2) is 11.5 Å². The maximum absolute atomic E-state index is 13.0. The molecule has 0 atom stereocenters. The summed E-state index contributed by atoms with van der Waals surface area (Å²) in [5.41, 5.74) is 1.70. The van der Waals surface area contributed by atoms with E-state index in [1.165, 1.54) is 12.1 Å². The van der Waals surface area contributed by atoms with Crippen molar-refractivity contribution in [2.45, 2.75) is 13.5 Å². The van der Waals surface area contributed by atoms with E-state index in [0.29, 0.717) is 37.9 Å². The average Bonchev–Trinajstić information content (AvgIpc) is 3.17. The fourth-order valence-corrected chi connectivity index (χ4v) is 5.43. The van der Waals surface area contributed by atoms with Crippen molar-refractivity contribution in [3.05, 3.63) is 95.4 Å². The number of anilines is 1. The van der Waals surface area contributed by atoms with Crippen LogP contribution in [-0.4, -0.2) is 40.0 Å². The van der Waals surface area contributed by atoms with Crippen molar-refractivity contribution in [2.75, 3.05) is 18.5 Å². The second kappa shape index (κ2) is 13.2. The van der Waals surface area contributed by atoms with Gasteiger partial charge in [0.25, 0.3) is 16.8 Å². The van der Waals surface area contributed by atoms with Gasteiger partial charge in [-0.25, -0.2) is 0 Å². The molecule has 0 bridgehead atoms. The predicted molar refractivity (Wildman–Crippen MR) is 161 cm³/mol. The molecule has 0 spiro atoms. The lowest BCUT2D eigenvalue weighted by Gasteiger charge is -2.15. The zero-order valence-corrected chi connectivity index (χ0v) is 24.6. The molecule has 1 heterocycles. The Labute approximate surface area is 251 Å². The van der Waals surface area contributed by atoms with Gasteiger partial charge in [0.1, 0.15) is 13.2 Å². The maximum Gasteiger partial charge on any atom is 0.294 e. The van der Waals surface area contributed by atoms with Gasteiger partial charge < -0.3 is 14.8 Å². The number of carbonyl (C=O) groups is 3. The van der Waals surface area contributed by atoms with E-state index in [1.54, 1.807) is 54.6 Å². The maximum atomic E-state index is 13.0. The highest BCUT2D eigenvalue weighted by molar-refractivity contribution is 14.1. The van der Waals surface area contributed by atoms with Crippen LogP contribution < -0.4 is 14.8 Å². The lowest BCUT2D eigenvalue weighted by atomic mass is 10.1. The molecule has 1 aliphatic heterocycles. The van der Waals surface area contributed by atoms with E-state index in [4.69, 9.17) is 21.1 Å². The van der Waals surface area contributed by atoms with E-state index in [9.17, 15) is 24.5 Å². The Hall–Kier alpha value is -3.62. The molecule has 206 valence electrons. The van der Waals surface area contributed by atoms with Crippen LogP contribution in [0, 0.1) is 13.7 Å². The van der Waals surface area contributed by atoms with Gasteiger partial charge in [-0.1, -0.05) is 23.7 Å². The van der Waals surface area contributed by atoms with Crippen LogP contribution in [0.25, 0.3) is 6.08 Å². The normalized spacial score (nSPS) is 14.0. The molecule has 0 unspecified atom stereocenters. The van der Waals surface area contributed by atoms with E-state index in [-0.39, 0.29) is 17.2 Å². The summed E-state index contributed by atoms with van der Waals surface area (Å²) in [5, 5.41) is 13.3. The van der Waals surface area contributed by atoms with Crippen LogP contribution in [0.15, 0.2) is 65.6 Å². The number of non-ortho nitro benzene ring substituents is 1. The number of amides is 3. The first-order chi connectivity index (χ1) is 19.2. The third-order valence-electron chi connectivity index (χ3n) is 5.48. The Morgan fingerprint density at radius 2 is 1.88 bits per heavy atom. The molecule has 1 saturated heterocycles. The molecule has 13 heteroatoms. The molecule has 0 aliphatic carbocycles. The first-order valence-corrected chi connectivity index (χ1v) is 14.1. The van der Waals surface area contributed by atoms with Crippen molar-refractivity contribution in [2.24, 2.45) is 0 Å². The average molecular weight is 694 g/mol. The zero-order valence-electron chi connectivity index (χ0n) is 20.9. The fraction of sp³-hybridized carbons (Fsp3) is 0.148. The molecule has 0 aromatic heterocycles. The van der Waals surface area contributed by atoms with Gasteiger partial charge in [0.05, 0.1) is 30.7 Å². The Balaban J connectivity index is 1.48. The van der Waals surface area contributed by atoms with E-state index in [2.05, 4.69) is 27.9 Å². The molecule has 3 aromatic rings.